The number of nitrogens with one attached hydrogen (secondary N) is 1. The van der Waals surface area contributed by atoms with E-state index in [-0.39, 0.29) is 0 Å². The number of hydrogen-bond donors (Lipinski definition) is 1. The lowest BCUT2D eigenvalue weighted by molar-refractivity contribution is 0.793. The molecule has 2 heterocycles. The Morgan fingerprint density at radius 2 is 2.20 bits per heavy atom. The van der Waals surface area contributed by atoms with E-state index >= 15 is 0 Å². The van der Waals surface area contributed by atoms with Crippen molar-refractivity contribution >= 4 is 23.1 Å². The van der Waals surface area contributed by atoms with Gasteiger partial charge < -0.3 is 5.32 Å². The van der Waals surface area contributed by atoms with Gasteiger partial charge in [0.1, 0.15) is 5.51 Å². The molecule has 5 nitrogen and oxygen atoms in total. The van der Waals surface area contributed by atoms with E-state index in [1.807, 2.05) is 19.4 Å². The molecule has 0 amide bonds. The third kappa shape index (κ3) is 2.95. The fraction of sp³-hybridized carbons (Fsp3) is 0.250. The molecule has 7 heteroatoms. The summed E-state index contributed by atoms with van der Waals surface area (Å²) < 4.78 is 0.858. The summed E-state index contributed by atoms with van der Waals surface area (Å²) in [7, 11) is 1.89. The van der Waals surface area contributed by atoms with Gasteiger partial charge in [0, 0.05) is 24.5 Å². The number of hydrogen-bond acceptors (Lipinski definition) is 7. The van der Waals surface area contributed by atoms with Crippen LogP contribution in [0.5, 0.6) is 0 Å². The van der Waals surface area contributed by atoms with Crippen LogP contribution in [0.3, 0.4) is 0 Å². The molecule has 0 fully saturated rings. The Morgan fingerprint density at radius 1 is 1.40 bits per heavy atom. The monoisotopic (exact) mass is 239 g/mol. The average Bonchev–Trinajstić information content (AvgIpc) is 2.74. The summed E-state index contributed by atoms with van der Waals surface area (Å²) in [5, 5.41) is 11.4. The molecule has 0 saturated carbocycles. The van der Waals surface area contributed by atoms with Gasteiger partial charge in [0.25, 0.3) is 0 Å². The summed E-state index contributed by atoms with van der Waals surface area (Å²) in [6.45, 7) is 0.782. The zero-order valence-corrected chi connectivity index (χ0v) is 9.68. The van der Waals surface area contributed by atoms with Crippen LogP contribution in [0.1, 0.15) is 5.56 Å². The first-order chi connectivity index (χ1) is 7.38. The molecule has 2 aromatic rings. The standard InChI is InChI=1S/C8H9N5S2/c1-9-2-6-3-10-7(11-4-6)15-8-13-12-5-14-8/h3-5,9H,2H2,1H3. The van der Waals surface area contributed by atoms with Gasteiger partial charge in [-0.15, -0.1) is 10.2 Å². The van der Waals surface area contributed by atoms with Crippen LogP contribution >= 0.6 is 23.1 Å². The Labute approximate surface area is 95.4 Å². The van der Waals surface area contributed by atoms with Gasteiger partial charge in [-0.3, -0.25) is 0 Å². The van der Waals surface area contributed by atoms with Gasteiger partial charge in [-0.25, -0.2) is 9.97 Å². The molecule has 0 radical (unpaired) electrons. The zero-order valence-electron chi connectivity index (χ0n) is 8.04. The van der Waals surface area contributed by atoms with Crippen LogP contribution < -0.4 is 5.32 Å². The van der Waals surface area contributed by atoms with Gasteiger partial charge in [-0.05, 0) is 18.8 Å². The van der Waals surface area contributed by atoms with Crippen molar-refractivity contribution in [1.82, 2.24) is 25.5 Å². The maximum Gasteiger partial charge on any atom is 0.194 e. The average molecular weight is 239 g/mol. The van der Waals surface area contributed by atoms with Crippen molar-refractivity contribution in [1.29, 1.82) is 0 Å². The van der Waals surface area contributed by atoms with Crippen molar-refractivity contribution in [2.75, 3.05) is 7.05 Å². The summed E-state index contributed by atoms with van der Waals surface area (Å²) in [6, 6.07) is 0. The highest BCUT2D eigenvalue weighted by Gasteiger charge is 2.03. The van der Waals surface area contributed by atoms with Crippen molar-refractivity contribution in [3.05, 3.63) is 23.5 Å². The van der Waals surface area contributed by atoms with E-state index in [1.54, 1.807) is 5.51 Å². The molecule has 0 aliphatic rings. The molecule has 2 rings (SSSR count). The van der Waals surface area contributed by atoms with Crippen LogP contribution in [0.15, 0.2) is 27.4 Å². The largest absolute Gasteiger partial charge is 0.316 e. The molecular formula is C8H9N5S2. The number of aromatic nitrogens is 4. The van der Waals surface area contributed by atoms with E-state index in [9.17, 15) is 0 Å². The topological polar surface area (TPSA) is 63.6 Å². The smallest absolute Gasteiger partial charge is 0.194 e. The molecule has 0 unspecified atom stereocenters. The summed E-state index contributed by atoms with van der Waals surface area (Å²) in [4.78, 5) is 8.45. The Bertz CT molecular complexity index is 399. The third-order valence-electron chi connectivity index (χ3n) is 1.58. The minimum atomic E-state index is 0.701. The molecule has 2 aromatic heterocycles. The molecule has 0 saturated heterocycles. The Morgan fingerprint density at radius 3 is 2.80 bits per heavy atom. The second-order valence-electron chi connectivity index (χ2n) is 2.71. The second kappa shape index (κ2) is 5.15. The minimum absolute atomic E-state index is 0.701. The van der Waals surface area contributed by atoms with Crippen LogP contribution in [0, 0.1) is 0 Å². The fourth-order valence-electron chi connectivity index (χ4n) is 0.977. The normalized spacial score (nSPS) is 10.5. The maximum atomic E-state index is 4.22. The fourth-order valence-corrected chi connectivity index (χ4v) is 2.26. The summed E-state index contributed by atoms with van der Waals surface area (Å²) >= 11 is 2.90. The molecular weight excluding hydrogens is 230 g/mol. The lowest BCUT2D eigenvalue weighted by atomic mass is 10.3. The van der Waals surface area contributed by atoms with Gasteiger partial charge in [0.2, 0.25) is 0 Å². The SMILES string of the molecule is CNCc1cnc(Sc2nncs2)nc1. The Balaban J connectivity index is 2.04. The van der Waals surface area contributed by atoms with Gasteiger partial charge in [-0.1, -0.05) is 11.3 Å². The van der Waals surface area contributed by atoms with Gasteiger partial charge in [0.15, 0.2) is 9.50 Å². The predicted molar refractivity (Wildman–Crippen MR) is 58.8 cm³/mol. The first-order valence-corrected chi connectivity index (χ1v) is 5.97. The molecule has 0 aromatic carbocycles. The quantitative estimate of drug-likeness (QED) is 0.809. The van der Waals surface area contributed by atoms with Crippen molar-refractivity contribution < 1.29 is 0 Å². The lowest BCUT2D eigenvalue weighted by Gasteiger charge is -1.99. The van der Waals surface area contributed by atoms with E-state index in [2.05, 4.69) is 25.5 Å². The predicted octanol–water partition coefficient (Wildman–Crippen LogP) is 1.20. The van der Waals surface area contributed by atoms with E-state index in [4.69, 9.17) is 0 Å². The van der Waals surface area contributed by atoms with Crippen LogP contribution in [0.4, 0.5) is 0 Å². The lowest BCUT2D eigenvalue weighted by Crippen LogP contribution is -2.05. The maximum absolute atomic E-state index is 4.22. The minimum Gasteiger partial charge on any atom is -0.316 e. The molecule has 0 aliphatic carbocycles. The molecule has 78 valence electrons. The van der Waals surface area contributed by atoms with Crippen LogP contribution in [-0.4, -0.2) is 27.2 Å². The Hall–Kier alpha value is -1.05. The highest BCUT2D eigenvalue weighted by Crippen LogP contribution is 2.24. The van der Waals surface area contributed by atoms with E-state index < -0.39 is 0 Å². The van der Waals surface area contributed by atoms with Crippen LogP contribution in [-0.2, 0) is 6.54 Å². The number of rotatable bonds is 4. The molecule has 0 aliphatic heterocycles. The second-order valence-corrected chi connectivity index (χ2v) is 4.76. The van der Waals surface area contributed by atoms with Crippen LogP contribution in [0.25, 0.3) is 0 Å². The molecule has 1 N–H and O–H groups in total. The number of nitrogens with zero attached hydrogens (tertiary/aromatic N) is 4. The summed E-state index contributed by atoms with van der Waals surface area (Å²) in [5.41, 5.74) is 2.76. The molecule has 0 atom stereocenters. The first kappa shape index (κ1) is 10.5. The van der Waals surface area contributed by atoms with Gasteiger partial charge >= 0.3 is 0 Å². The Kier molecular flexibility index (Phi) is 3.59. The van der Waals surface area contributed by atoms with Crippen molar-refractivity contribution in [3.8, 4) is 0 Å². The highest BCUT2D eigenvalue weighted by atomic mass is 32.2. The van der Waals surface area contributed by atoms with E-state index in [0.717, 1.165) is 16.4 Å². The highest BCUT2D eigenvalue weighted by molar-refractivity contribution is 8.00. The molecule has 15 heavy (non-hydrogen) atoms. The van der Waals surface area contributed by atoms with Gasteiger partial charge in [-0.2, -0.15) is 0 Å². The van der Waals surface area contributed by atoms with E-state index in [1.165, 1.54) is 23.1 Å². The summed E-state index contributed by atoms with van der Waals surface area (Å²) in [6.07, 6.45) is 3.62. The van der Waals surface area contributed by atoms with Crippen molar-refractivity contribution in [2.24, 2.45) is 0 Å². The molecule has 0 spiro atoms. The third-order valence-corrected chi connectivity index (χ3v) is 3.25. The van der Waals surface area contributed by atoms with E-state index in [0.29, 0.717) is 5.16 Å². The van der Waals surface area contributed by atoms with Gasteiger partial charge in [0.05, 0.1) is 0 Å². The van der Waals surface area contributed by atoms with Crippen LogP contribution in [0.2, 0.25) is 0 Å². The van der Waals surface area contributed by atoms with Crippen molar-refractivity contribution in [3.63, 3.8) is 0 Å². The first-order valence-electron chi connectivity index (χ1n) is 4.28. The molecule has 0 bridgehead atoms. The van der Waals surface area contributed by atoms with Crippen molar-refractivity contribution in [2.45, 2.75) is 16.0 Å². The summed E-state index contributed by atoms with van der Waals surface area (Å²) in [5.74, 6) is 0. The zero-order chi connectivity index (χ0) is 10.5.